The van der Waals surface area contributed by atoms with Crippen LogP contribution in [0.1, 0.15) is 6.92 Å². The van der Waals surface area contributed by atoms with Crippen LogP contribution in [0.5, 0.6) is 0 Å². The van der Waals surface area contributed by atoms with Crippen LogP contribution >= 0.6 is 0 Å². The third-order valence-electron chi connectivity index (χ3n) is 3.55. The maximum Gasteiger partial charge on any atom is 0.414 e. The molecule has 1 aliphatic rings. The van der Waals surface area contributed by atoms with Crippen LogP contribution in [-0.4, -0.2) is 35.8 Å². The van der Waals surface area contributed by atoms with Crippen molar-refractivity contribution in [2.45, 2.75) is 13.0 Å². The SMILES string of the molecule is CC(=O)NC[C@H]1CN(c2ccn(-c3cccc(F)c3)c2)C(=O)O1. The van der Waals surface area contributed by atoms with Crippen molar-refractivity contribution >= 4 is 17.7 Å². The molecule has 0 radical (unpaired) electrons. The molecule has 1 aromatic carbocycles. The van der Waals surface area contributed by atoms with Crippen LogP contribution in [0.15, 0.2) is 42.7 Å². The molecule has 2 amide bonds. The Morgan fingerprint density at radius 1 is 1.39 bits per heavy atom. The normalized spacial score (nSPS) is 17.2. The number of ether oxygens (including phenoxy) is 1. The minimum atomic E-state index is -0.461. The zero-order chi connectivity index (χ0) is 16.4. The fourth-order valence-corrected chi connectivity index (χ4v) is 2.44. The van der Waals surface area contributed by atoms with Gasteiger partial charge in [-0.1, -0.05) is 6.07 Å². The third kappa shape index (κ3) is 3.33. The number of halogens is 1. The summed E-state index contributed by atoms with van der Waals surface area (Å²) in [6, 6.07) is 7.93. The van der Waals surface area contributed by atoms with Gasteiger partial charge < -0.3 is 14.6 Å². The molecule has 2 aromatic rings. The largest absolute Gasteiger partial charge is 0.442 e. The van der Waals surface area contributed by atoms with E-state index in [1.54, 1.807) is 35.2 Å². The fraction of sp³-hybridized carbons (Fsp3) is 0.250. The number of nitrogens with one attached hydrogen (secondary N) is 1. The summed E-state index contributed by atoms with van der Waals surface area (Å²) in [4.78, 5) is 24.4. The Bertz CT molecular complexity index is 744. The number of anilines is 1. The summed E-state index contributed by atoms with van der Waals surface area (Å²) in [5.41, 5.74) is 1.32. The van der Waals surface area contributed by atoms with Crippen LogP contribution in [0.25, 0.3) is 5.69 Å². The van der Waals surface area contributed by atoms with Crippen molar-refractivity contribution < 1.29 is 18.7 Å². The number of hydrogen-bond acceptors (Lipinski definition) is 3. The molecule has 1 fully saturated rings. The lowest BCUT2D eigenvalue weighted by atomic mass is 10.3. The Kier molecular flexibility index (Phi) is 4.01. The van der Waals surface area contributed by atoms with E-state index in [1.165, 1.54) is 24.0 Å². The molecule has 1 aromatic heterocycles. The topological polar surface area (TPSA) is 63.6 Å². The summed E-state index contributed by atoms with van der Waals surface area (Å²) in [5, 5.41) is 2.63. The van der Waals surface area contributed by atoms with Gasteiger partial charge in [0.05, 0.1) is 18.8 Å². The molecule has 1 aliphatic heterocycles. The number of amides is 2. The van der Waals surface area contributed by atoms with Crippen LogP contribution in [0.2, 0.25) is 0 Å². The molecule has 1 saturated heterocycles. The van der Waals surface area contributed by atoms with Gasteiger partial charge in [-0.2, -0.15) is 0 Å². The summed E-state index contributed by atoms with van der Waals surface area (Å²) in [7, 11) is 0. The zero-order valence-electron chi connectivity index (χ0n) is 12.5. The van der Waals surface area contributed by atoms with E-state index >= 15 is 0 Å². The number of carbonyl (C=O) groups excluding carboxylic acids is 2. The summed E-state index contributed by atoms with van der Waals surface area (Å²) in [5.74, 6) is -0.495. The average molecular weight is 317 g/mol. The van der Waals surface area contributed by atoms with Gasteiger partial charge in [0.25, 0.3) is 0 Å². The van der Waals surface area contributed by atoms with E-state index in [0.29, 0.717) is 17.9 Å². The molecule has 7 heteroatoms. The van der Waals surface area contributed by atoms with E-state index < -0.39 is 6.09 Å². The molecular weight excluding hydrogens is 301 g/mol. The molecule has 0 saturated carbocycles. The number of carbonyl (C=O) groups is 2. The molecule has 2 heterocycles. The first-order valence-corrected chi connectivity index (χ1v) is 7.19. The predicted molar refractivity (Wildman–Crippen MR) is 82.0 cm³/mol. The van der Waals surface area contributed by atoms with E-state index in [2.05, 4.69) is 5.32 Å². The van der Waals surface area contributed by atoms with Gasteiger partial charge in [-0.3, -0.25) is 9.69 Å². The molecule has 3 rings (SSSR count). The van der Waals surface area contributed by atoms with E-state index in [-0.39, 0.29) is 24.4 Å². The standard InChI is InChI=1S/C16H16FN3O3/c1-11(21)18-8-15-10-20(16(22)23-15)14-5-6-19(9-14)13-4-2-3-12(17)7-13/h2-7,9,15H,8,10H2,1H3,(H,18,21)/t15-/m0/s1. The van der Waals surface area contributed by atoms with Crippen LogP contribution in [-0.2, 0) is 9.53 Å². The molecule has 0 unspecified atom stereocenters. The van der Waals surface area contributed by atoms with Crippen molar-refractivity contribution in [1.29, 1.82) is 0 Å². The highest BCUT2D eigenvalue weighted by atomic mass is 19.1. The second kappa shape index (κ2) is 6.12. The van der Waals surface area contributed by atoms with Crippen molar-refractivity contribution in [3.8, 4) is 5.69 Å². The lowest BCUT2D eigenvalue weighted by Gasteiger charge is -2.10. The number of aromatic nitrogens is 1. The second-order valence-electron chi connectivity index (χ2n) is 5.31. The van der Waals surface area contributed by atoms with E-state index in [4.69, 9.17) is 4.74 Å². The molecule has 0 bridgehead atoms. The highest BCUT2D eigenvalue weighted by molar-refractivity contribution is 5.89. The highest BCUT2D eigenvalue weighted by Gasteiger charge is 2.32. The third-order valence-corrected chi connectivity index (χ3v) is 3.55. The van der Waals surface area contributed by atoms with Gasteiger partial charge in [0, 0.05) is 25.0 Å². The Morgan fingerprint density at radius 3 is 2.96 bits per heavy atom. The predicted octanol–water partition coefficient (Wildman–Crippen LogP) is 2.08. The first-order valence-electron chi connectivity index (χ1n) is 7.19. The molecule has 1 atom stereocenters. The lowest BCUT2D eigenvalue weighted by Crippen LogP contribution is -2.33. The van der Waals surface area contributed by atoms with E-state index in [0.717, 1.165) is 0 Å². The molecule has 120 valence electrons. The van der Waals surface area contributed by atoms with Crippen LogP contribution in [0, 0.1) is 5.82 Å². The van der Waals surface area contributed by atoms with Crippen LogP contribution < -0.4 is 10.2 Å². The maximum atomic E-state index is 13.3. The van der Waals surface area contributed by atoms with Crippen molar-refractivity contribution in [2.24, 2.45) is 0 Å². The van der Waals surface area contributed by atoms with Gasteiger partial charge in [-0.25, -0.2) is 9.18 Å². The molecule has 0 aliphatic carbocycles. The van der Waals surface area contributed by atoms with Crippen molar-refractivity contribution in [2.75, 3.05) is 18.0 Å². The van der Waals surface area contributed by atoms with Crippen molar-refractivity contribution in [3.05, 3.63) is 48.5 Å². The first-order chi connectivity index (χ1) is 11.0. The quantitative estimate of drug-likeness (QED) is 0.939. The molecule has 1 N–H and O–H groups in total. The van der Waals surface area contributed by atoms with Crippen LogP contribution in [0.3, 0.4) is 0 Å². The monoisotopic (exact) mass is 317 g/mol. The van der Waals surface area contributed by atoms with Crippen LogP contribution in [0.4, 0.5) is 14.9 Å². The zero-order valence-corrected chi connectivity index (χ0v) is 12.5. The summed E-state index contributed by atoms with van der Waals surface area (Å²) in [6.45, 7) is 2.04. The summed E-state index contributed by atoms with van der Waals surface area (Å²) >= 11 is 0. The lowest BCUT2D eigenvalue weighted by molar-refractivity contribution is -0.119. The number of benzene rings is 1. The van der Waals surface area contributed by atoms with Gasteiger partial charge in [-0.05, 0) is 24.3 Å². The van der Waals surface area contributed by atoms with Gasteiger partial charge >= 0.3 is 6.09 Å². The van der Waals surface area contributed by atoms with Crippen molar-refractivity contribution in [1.82, 2.24) is 9.88 Å². The fourth-order valence-electron chi connectivity index (χ4n) is 2.44. The maximum absolute atomic E-state index is 13.3. The number of hydrogen-bond donors (Lipinski definition) is 1. The summed E-state index contributed by atoms with van der Waals surface area (Å²) in [6.07, 6.45) is 2.64. The first kappa shape index (κ1) is 15.1. The summed E-state index contributed by atoms with van der Waals surface area (Å²) < 4.78 is 20.2. The second-order valence-corrected chi connectivity index (χ2v) is 5.31. The van der Waals surface area contributed by atoms with Gasteiger partial charge in [0.15, 0.2) is 0 Å². The Labute approximate surface area is 132 Å². The average Bonchev–Trinajstić information content (AvgIpc) is 3.11. The van der Waals surface area contributed by atoms with Crippen molar-refractivity contribution in [3.63, 3.8) is 0 Å². The Balaban J connectivity index is 1.73. The number of rotatable bonds is 4. The Morgan fingerprint density at radius 2 is 2.22 bits per heavy atom. The minimum Gasteiger partial charge on any atom is -0.442 e. The van der Waals surface area contributed by atoms with Gasteiger partial charge in [0.2, 0.25) is 5.91 Å². The molecular formula is C16H16FN3O3. The minimum absolute atomic E-state index is 0.170. The molecule has 6 nitrogen and oxygen atoms in total. The Hall–Kier alpha value is -2.83. The molecule has 23 heavy (non-hydrogen) atoms. The number of cyclic esters (lactones) is 1. The molecule has 0 spiro atoms. The smallest absolute Gasteiger partial charge is 0.414 e. The van der Waals surface area contributed by atoms with Gasteiger partial charge in [0.1, 0.15) is 11.9 Å². The van der Waals surface area contributed by atoms with E-state index in [1.807, 2.05) is 0 Å². The van der Waals surface area contributed by atoms with E-state index in [9.17, 15) is 14.0 Å². The highest BCUT2D eigenvalue weighted by Crippen LogP contribution is 2.23. The van der Waals surface area contributed by atoms with Gasteiger partial charge in [-0.15, -0.1) is 0 Å². The number of nitrogens with zero attached hydrogens (tertiary/aromatic N) is 2.